The van der Waals surface area contributed by atoms with Gasteiger partial charge < -0.3 is 14.8 Å². The standard InChI is InChI=1S/C20H22N2O3/c1-24-18-5-2-14-8-13(12-25-19(14)11-18)9-17-10-15(6-7-21-17)20(23)22-16-3-4-16/h2,5-7,10-11,13,16H,3-4,8-9,12H2,1H3,(H,22,23). The average Bonchev–Trinajstić information content (AvgIpc) is 3.45. The van der Waals surface area contributed by atoms with E-state index < -0.39 is 0 Å². The number of amides is 1. The van der Waals surface area contributed by atoms with E-state index in [2.05, 4.69) is 16.4 Å². The highest BCUT2D eigenvalue weighted by molar-refractivity contribution is 5.94. The molecule has 2 aromatic rings. The number of benzene rings is 1. The van der Waals surface area contributed by atoms with Gasteiger partial charge in [-0.15, -0.1) is 0 Å². The molecule has 1 fully saturated rings. The molecule has 1 aliphatic carbocycles. The van der Waals surface area contributed by atoms with Crippen molar-refractivity contribution in [2.75, 3.05) is 13.7 Å². The van der Waals surface area contributed by atoms with Crippen LogP contribution in [0.2, 0.25) is 0 Å². The lowest BCUT2D eigenvalue weighted by atomic mass is 9.92. The first kappa shape index (κ1) is 15.9. The van der Waals surface area contributed by atoms with Gasteiger partial charge in [0.1, 0.15) is 11.5 Å². The Hall–Kier alpha value is -2.56. The maximum absolute atomic E-state index is 12.2. The number of hydrogen-bond acceptors (Lipinski definition) is 4. The molecule has 1 aromatic heterocycles. The van der Waals surface area contributed by atoms with Gasteiger partial charge in [0.05, 0.1) is 13.7 Å². The van der Waals surface area contributed by atoms with Gasteiger partial charge >= 0.3 is 0 Å². The number of aromatic nitrogens is 1. The van der Waals surface area contributed by atoms with E-state index in [0.717, 1.165) is 42.9 Å². The Morgan fingerprint density at radius 1 is 1.32 bits per heavy atom. The van der Waals surface area contributed by atoms with Crippen molar-refractivity contribution in [1.82, 2.24) is 10.3 Å². The Morgan fingerprint density at radius 3 is 3.00 bits per heavy atom. The second-order valence-corrected chi connectivity index (χ2v) is 6.84. The number of nitrogens with zero attached hydrogens (tertiary/aromatic N) is 1. The van der Waals surface area contributed by atoms with Crippen LogP contribution >= 0.6 is 0 Å². The highest BCUT2D eigenvalue weighted by atomic mass is 16.5. The Morgan fingerprint density at radius 2 is 2.20 bits per heavy atom. The maximum atomic E-state index is 12.2. The summed E-state index contributed by atoms with van der Waals surface area (Å²) in [5, 5.41) is 3.02. The van der Waals surface area contributed by atoms with E-state index in [0.29, 0.717) is 24.1 Å². The molecule has 25 heavy (non-hydrogen) atoms. The summed E-state index contributed by atoms with van der Waals surface area (Å²) in [7, 11) is 1.66. The van der Waals surface area contributed by atoms with Crippen molar-refractivity contribution in [3.05, 3.63) is 53.3 Å². The van der Waals surface area contributed by atoms with Gasteiger partial charge in [0.2, 0.25) is 0 Å². The first-order chi connectivity index (χ1) is 12.2. The van der Waals surface area contributed by atoms with Crippen LogP contribution in [0.5, 0.6) is 11.5 Å². The van der Waals surface area contributed by atoms with E-state index in [1.807, 2.05) is 18.2 Å². The van der Waals surface area contributed by atoms with Crippen LogP contribution in [-0.4, -0.2) is 30.6 Å². The number of hydrogen-bond donors (Lipinski definition) is 1. The largest absolute Gasteiger partial charge is 0.497 e. The predicted molar refractivity (Wildman–Crippen MR) is 94.1 cm³/mol. The zero-order chi connectivity index (χ0) is 17.2. The zero-order valence-corrected chi connectivity index (χ0v) is 14.3. The minimum atomic E-state index is 0.00323. The number of rotatable bonds is 5. The maximum Gasteiger partial charge on any atom is 0.251 e. The fourth-order valence-electron chi connectivity index (χ4n) is 3.20. The van der Waals surface area contributed by atoms with Crippen molar-refractivity contribution in [2.45, 2.75) is 31.7 Å². The monoisotopic (exact) mass is 338 g/mol. The summed E-state index contributed by atoms with van der Waals surface area (Å²) in [4.78, 5) is 16.6. The summed E-state index contributed by atoms with van der Waals surface area (Å²) >= 11 is 0. The van der Waals surface area contributed by atoms with E-state index >= 15 is 0 Å². The van der Waals surface area contributed by atoms with Crippen LogP contribution in [0.15, 0.2) is 36.5 Å². The molecule has 0 saturated heterocycles. The summed E-state index contributed by atoms with van der Waals surface area (Å²) in [6, 6.07) is 10.0. The quantitative estimate of drug-likeness (QED) is 0.911. The van der Waals surface area contributed by atoms with Crippen LogP contribution in [0, 0.1) is 5.92 Å². The van der Waals surface area contributed by atoms with Gasteiger partial charge in [-0.25, -0.2) is 0 Å². The Balaban J connectivity index is 1.42. The minimum absolute atomic E-state index is 0.00323. The number of carbonyl (C=O) groups excluding carboxylic acids is 1. The van der Waals surface area contributed by atoms with Gasteiger partial charge in [-0.05, 0) is 49.4 Å². The van der Waals surface area contributed by atoms with Crippen molar-refractivity contribution >= 4 is 5.91 Å². The Labute approximate surface area is 147 Å². The number of ether oxygens (including phenoxy) is 2. The SMILES string of the molecule is COc1ccc2c(c1)OCC(Cc1cc(C(=O)NC3CC3)ccn1)C2. The smallest absolute Gasteiger partial charge is 0.251 e. The Bertz CT molecular complexity index is 786. The van der Waals surface area contributed by atoms with Crippen molar-refractivity contribution in [2.24, 2.45) is 5.92 Å². The molecule has 0 spiro atoms. The molecule has 4 rings (SSSR count). The molecule has 2 heterocycles. The number of fused-ring (bicyclic) bond motifs is 1. The van der Waals surface area contributed by atoms with E-state index in [-0.39, 0.29) is 5.91 Å². The number of pyridine rings is 1. The van der Waals surface area contributed by atoms with Gasteiger partial charge in [0, 0.05) is 35.5 Å². The van der Waals surface area contributed by atoms with Crippen LogP contribution in [-0.2, 0) is 12.8 Å². The molecule has 1 amide bonds. The van der Waals surface area contributed by atoms with Crippen molar-refractivity contribution in [1.29, 1.82) is 0 Å². The van der Waals surface area contributed by atoms with Crippen LogP contribution in [0.25, 0.3) is 0 Å². The lowest BCUT2D eigenvalue weighted by Gasteiger charge is -2.25. The number of carbonyl (C=O) groups is 1. The van der Waals surface area contributed by atoms with Crippen LogP contribution in [0.4, 0.5) is 0 Å². The lowest BCUT2D eigenvalue weighted by Crippen LogP contribution is -2.26. The third-order valence-electron chi connectivity index (χ3n) is 4.75. The lowest BCUT2D eigenvalue weighted by molar-refractivity contribution is 0.0951. The molecule has 1 atom stereocenters. The molecule has 2 aliphatic rings. The highest BCUT2D eigenvalue weighted by Crippen LogP contribution is 2.32. The molecule has 0 bridgehead atoms. The summed E-state index contributed by atoms with van der Waals surface area (Å²) in [6.07, 6.45) is 5.65. The third kappa shape index (κ3) is 3.76. The second kappa shape index (κ2) is 6.75. The molecule has 5 heteroatoms. The molecule has 1 N–H and O–H groups in total. The molecule has 1 aromatic carbocycles. The molecular formula is C20H22N2O3. The van der Waals surface area contributed by atoms with Crippen molar-refractivity contribution < 1.29 is 14.3 Å². The van der Waals surface area contributed by atoms with E-state index in [9.17, 15) is 4.79 Å². The first-order valence-electron chi connectivity index (χ1n) is 8.77. The van der Waals surface area contributed by atoms with E-state index in [4.69, 9.17) is 9.47 Å². The van der Waals surface area contributed by atoms with Gasteiger partial charge in [0.15, 0.2) is 0 Å². The molecule has 1 aliphatic heterocycles. The third-order valence-corrected chi connectivity index (χ3v) is 4.75. The molecule has 1 saturated carbocycles. The normalized spacial score (nSPS) is 18.8. The van der Waals surface area contributed by atoms with Crippen LogP contribution in [0.1, 0.15) is 34.5 Å². The number of methoxy groups -OCH3 is 1. The second-order valence-electron chi connectivity index (χ2n) is 6.84. The van der Waals surface area contributed by atoms with Crippen LogP contribution < -0.4 is 14.8 Å². The molecule has 0 radical (unpaired) electrons. The number of nitrogens with one attached hydrogen (secondary N) is 1. The van der Waals surface area contributed by atoms with E-state index in [1.54, 1.807) is 19.4 Å². The molecule has 1 unspecified atom stereocenters. The first-order valence-corrected chi connectivity index (χ1v) is 8.77. The summed E-state index contributed by atoms with van der Waals surface area (Å²) in [6.45, 7) is 0.653. The highest BCUT2D eigenvalue weighted by Gasteiger charge is 2.25. The zero-order valence-electron chi connectivity index (χ0n) is 14.3. The summed E-state index contributed by atoms with van der Waals surface area (Å²) in [5.74, 6) is 2.08. The molecule has 130 valence electrons. The topological polar surface area (TPSA) is 60.5 Å². The van der Waals surface area contributed by atoms with Gasteiger partial charge in [-0.3, -0.25) is 9.78 Å². The van der Waals surface area contributed by atoms with Crippen molar-refractivity contribution in [3.63, 3.8) is 0 Å². The van der Waals surface area contributed by atoms with E-state index in [1.165, 1.54) is 5.56 Å². The summed E-state index contributed by atoms with van der Waals surface area (Å²) < 4.78 is 11.1. The van der Waals surface area contributed by atoms with Gasteiger partial charge in [-0.2, -0.15) is 0 Å². The predicted octanol–water partition coefficient (Wildman–Crippen LogP) is 2.78. The van der Waals surface area contributed by atoms with Gasteiger partial charge in [-0.1, -0.05) is 6.07 Å². The van der Waals surface area contributed by atoms with Crippen molar-refractivity contribution in [3.8, 4) is 11.5 Å². The molecule has 5 nitrogen and oxygen atoms in total. The average molecular weight is 338 g/mol. The fourth-order valence-corrected chi connectivity index (χ4v) is 3.20. The minimum Gasteiger partial charge on any atom is -0.497 e. The van der Waals surface area contributed by atoms with Crippen LogP contribution in [0.3, 0.4) is 0 Å². The van der Waals surface area contributed by atoms with Gasteiger partial charge in [0.25, 0.3) is 5.91 Å². The molecular weight excluding hydrogens is 316 g/mol. The summed E-state index contributed by atoms with van der Waals surface area (Å²) in [5.41, 5.74) is 2.83. The fraction of sp³-hybridized carbons (Fsp3) is 0.400. The Kier molecular flexibility index (Phi) is 4.30.